The third-order valence-corrected chi connectivity index (χ3v) is 4.46. The van der Waals surface area contributed by atoms with Gasteiger partial charge < -0.3 is 24.6 Å². The molecule has 0 aromatic carbocycles. The third kappa shape index (κ3) is 3.58. The number of hydrogen-bond donors (Lipinski definition) is 1. The van der Waals surface area contributed by atoms with E-state index in [9.17, 15) is 14.4 Å². The van der Waals surface area contributed by atoms with E-state index in [0.29, 0.717) is 5.88 Å². The Balaban J connectivity index is 1.76. The van der Waals surface area contributed by atoms with Crippen LogP contribution in [0.5, 0.6) is 5.88 Å². The summed E-state index contributed by atoms with van der Waals surface area (Å²) in [5.74, 6) is 4.34. The van der Waals surface area contributed by atoms with Crippen LogP contribution in [-0.2, 0) is 20.9 Å². The van der Waals surface area contributed by atoms with Crippen molar-refractivity contribution in [3.05, 3.63) is 35.4 Å². The number of methoxy groups -OCH3 is 1. The number of pyridine rings is 1. The zero-order chi connectivity index (χ0) is 20.5. The predicted octanol–water partition coefficient (Wildman–Crippen LogP) is 0.873. The fraction of sp³-hybridized carbons (Fsp3) is 0.474. The molecule has 0 atom stereocenters. The topological polar surface area (TPSA) is 101 Å². The minimum absolute atomic E-state index is 0.123. The summed E-state index contributed by atoms with van der Waals surface area (Å²) in [6.07, 6.45) is 1.13. The van der Waals surface area contributed by atoms with Gasteiger partial charge in [0.2, 0.25) is 5.88 Å². The second-order valence-electron chi connectivity index (χ2n) is 7.74. The van der Waals surface area contributed by atoms with Crippen LogP contribution in [0, 0.1) is 0 Å². The Morgan fingerprint density at radius 1 is 1.29 bits per heavy atom. The SMILES string of the molecule is COc1ccc(CN2C(=C=O)NC3(CN(C(=O)OC(C)(C)C)C3)C2=C=O)cn1. The molecule has 1 aromatic rings. The highest BCUT2D eigenvalue weighted by Gasteiger charge is 2.57. The normalized spacial score (nSPS) is 17.6. The average Bonchev–Trinajstić information content (AvgIpc) is 2.93. The standard InChI is InChI=1S/C19H22N4O5/c1-18(2,3)28-17(26)22-11-19(12-22)14(9-24)23(15(10-25)21-19)8-13-5-6-16(27-4)20-7-13/h5-7,21H,8,11-12H2,1-4H3. The number of likely N-dealkylation sites (tertiary alicyclic amines) is 1. The molecule has 1 N–H and O–H groups in total. The third-order valence-electron chi connectivity index (χ3n) is 4.46. The van der Waals surface area contributed by atoms with E-state index in [-0.39, 0.29) is 31.2 Å². The lowest BCUT2D eigenvalue weighted by Crippen LogP contribution is -2.69. The number of nitrogens with one attached hydrogen (secondary N) is 1. The molecule has 28 heavy (non-hydrogen) atoms. The minimum atomic E-state index is -0.870. The summed E-state index contributed by atoms with van der Waals surface area (Å²) < 4.78 is 10.4. The van der Waals surface area contributed by atoms with Crippen LogP contribution >= 0.6 is 0 Å². The predicted molar refractivity (Wildman–Crippen MR) is 98.4 cm³/mol. The smallest absolute Gasteiger partial charge is 0.410 e. The van der Waals surface area contributed by atoms with Gasteiger partial charge in [0.1, 0.15) is 22.8 Å². The largest absolute Gasteiger partial charge is 0.481 e. The zero-order valence-electron chi connectivity index (χ0n) is 16.2. The van der Waals surface area contributed by atoms with Gasteiger partial charge in [-0.25, -0.2) is 19.4 Å². The molecule has 0 unspecified atom stereocenters. The van der Waals surface area contributed by atoms with E-state index >= 15 is 0 Å². The number of nitrogens with zero attached hydrogens (tertiary/aromatic N) is 3. The summed E-state index contributed by atoms with van der Waals surface area (Å²) in [4.78, 5) is 42.5. The number of carbonyl (C=O) groups is 1. The van der Waals surface area contributed by atoms with Crippen molar-refractivity contribution in [2.45, 2.75) is 38.5 Å². The van der Waals surface area contributed by atoms with Crippen molar-refractivity contribution in [3.8, 4) is 5.88 Å². The summed E-state index contributed by atoms with van der Waals surface area (Å²) in [6.45, 7) is 5.95. The van der Waals surface area contributed by atoms with Gasteiger partial charge in [-0.1, -0.05) is 6.07 Å². The number of amides is 1. The van der Waals surface area contributed by atoms with Crippen molar-refractivity contribution in [1.82, 2.24) is 20.1 Å². The molecule has 148 valence electrons. The fourth-order valence-corrected chi connectivity index (χ4v) is 3.21. The highest BCUT2D eigenvalue weighted by molar-refractivity contribution is 5.73. The zero-order valence-corrected chi connectivity index (χ0v) is 16.2. The van der Waals surface area contributed by atoms with Crippen LogP contribution in [0.1, 0.15) is 26.3 Å². The summed E-state index contributed by atoms with van der Waals surface area (Å²) >= 11 is 0. The van der Waals surface area contributed by atoms with E-state index < -0.39 is 17.2 Å². The molecule has 9 heteroatoms. The van der Waals surface area contributed by atoms with Crippen LogP contribution in [0.2, 0.25) is 0 Å². The molecule has 0 bridgehead atoms. The molecular formula is C19H22N4O5. The lowest BCUT2D eigenvalue weighted by molar-refractivity contribution is -0.00509. The molecule has 2 fully saturated rings. The van der Waals surface area contributed by atoms with Gasteiger partial charge in [0.25, 0.3) is 0 Å². The Morgan fingerprint density at radius 2 is 2.00 bits per heavy atom. The molecule has 9 nitrogen and oxygen atoms in total. The van der Waals surface area contributed by atoms with E-state index in [2.05, 4.69) is 10.3 Å². The molecule has 0 radical (unpaired) electrons. The second kappa shape index (κ2) is 7.03. The Kier molecular flexibility index (Phi) is 4.89. The van der Waals surface area contributed by atoms with Crippen LogP contribution in [0.3, 0.4) is 0 Å². The van der Waals surface area contributed by atoms with Crippen molar-refractivity contribution < 1.29 is 23.9 Å². The molecule has 2 aliphatic rings. The maximum atomic E-state index is 12.2. The maximum Gasteiger partial charge on any atom is 0.410 e. The van der Waals surface area contributed by atoms with Crippen molar-refractivity contribution in [1.29, 1.82) is 0 Å². The minimum Gasteiger partial charge on any atom is -0.481 e. The molecule has 1 amide bonds. The first kappa shape index (κ1) is 19.5. The summed E-state index contributed by atoms with van der Waals surface area (Å²) in [6, 6.07) is 3.48. The van der Waals surface area contributed by atoms with E-state index in [1.54, 1.807) is 39.1 Å². The first-order chi connectivity index (χ1) is 13.2. The van der Waals surface area contributed by atoms with Crippen LogP contribution in [-0.4, -0.2) is 64.1 Å². The van der Waals surface area contributed by atoms with Crippen molar-refractivity contribution >= 4 is 18.0 Å². The molecule has 1 spiro atoms. The van der Waals surface area contributed by atoms with E-state index in [1.165, 1.54) is 16.9 Å². The van der Waals surface area contributed by atoms with Gasteiger partial charge in [0.15, 0.2) is 11.8 Å². The van der Waals surface area contributed by atoms with Gasteiger partial charge >= 0.3 is 6.09 Å². The van der Waals surface area contributed by atoms with Crippen molar-refractivity contribution in [2.75, 3.05) is 20.2 Å². The van der Waals surface area contributed by atoms with Gasteiger partial charge in [-0.05, 0) is 26.3 Å². The Bertz CT molecular complexity index is 871. The first-order valence-corrected chi connectivity index (χ1v) is 8.74. The molecule has 3 rings (SSSR count). The van der Waals surface area contributed by atoms with Crippen LogP contribution < -0.4 is 10.1 Å². The fourth-order valence-electron chi connectivity index (χ4n) is 3.21. The highest BCUT2D eigenvalue weighted by Crippen LogP contribution is 2.38. The lowest BCUT2D eigenvalue weighted by Gasteiger charge is -2.46. The number of hydrogen-bond acceptors (Lipinski definition) is 8. The summed E-state index contributed by atoms with van der Waals surface area (Å²) in [5, 5.41) is 3.02. The van der Waals surface area contributed by atoms with Gasteiger partial charge in [0, 0.05) is 12.3 Å². The molecule has 0 saturated carbocycles. The monoisotopic (exact) mass is 386 g/mol. The van der Waals surface area contributed by atoms with Gasteiger partial charge in [-0.2, -0.15) is 0 Å². The van der Waals surface area contributed by atoms with Crippen molar-refractivity contribution in [3.63, 3.8) is 0 Å². The highest BCUT2D eigenvalue weighted by atomic mass is 16.6. The van der Waals surface area contributed by atoms with E-state index in [4.69, 9.17) is 9.47 Å². The Labute approximate surface area is 162 Å². The molecule has 0 aliphatic carbocycles. The number of rotatable bonds is 3. The number of carbonyl (C=O) groups excluding carboxylic acids is 3. The van der Waals surface area contributed by atoms with Crippen LogP contribution in [0.15, 0.2) is 29.8 Å². The summed E-state index contributed by atoms with van der Waals surface area (Å²) in [5.41, 5.74) is -0.469. The molecule has 2 saturated heterocycles. The Morgan fingerprint density at radius 3 is 2.50 bits per heavy atom. The number of ether oxygens (including phenoxy) is 2. The summed E-state index contributed by atoms with van der Waals surface area (Å²) in [7, 11) is 1.52. The number of aromatic nitrogens is 1. The quantitative estimate of drug-likeness (QED) is 0.764. The molecule has 1 aromatic heterocycles. The second-order valence-corrected chi connectivity index (χ2v) is 7.74. The van der Waals surface area contributed by atoms with E-state index in [0.717, 1.165) is 5.56 Å². The van der Waals surface area contributed by atoms with Gasteiger partial charge in [-0.15, -0.1) is 0 Å². The molecular weight excluding hydrogens is 364 g/mol. The average molecular weight is 386 g/mol. The molecule has 3 heterocycles. The van der Waals surface area contributed by atoms with Crippen LogP contribution in [0.25, 0.3) is 0 Å². The van der Waals surface area contributed by atoms with E-state index in [1.807, 2.05) is 11.9 Å². The van der Waals surface area contributed by atoms with Gasteiger partial charge in [0.05, 0.1) is 26.7 Å². The molecule has 2 aliphatic heterocycles. The Hall–Kier alpha value is -3.28. The first-order valence-electron chi connectivity index (χ1n) is 8.74. The maximum absolute atomic E-state index is 12.2. The van der Waals surface area contributed by atoms with Crippen LogP contribution in [0.4, 0.5) is 4.79 Å². The van der Waals surface area contributed by atoms with Gasteiger partial charge in [-0.3, -0.25) is 0 Å². The van der Waals surface area contributed by atoms with Crippen molar-refractivity contribution in [2.24, 2.45) is 0 Å². The lowest BCUT2D eigenvalue weighted by atomic mass is 9.88.